The highest BCUT2D eigenvalue weighted by atomic mass is 32.1. The summed E-state index contributed by atoms with van der Waals surface area (Å²) >= 11 is 1.32. The van der Waals surface area contributed by atoms with Crippen LogP contribution in [-0.4, -0.2) is 25.0 Å². The maximum atomic E-state index is 12.1. The average Bonchev–Trinajstić information content (AvgIpc) is 3.29. The van der Waals surface area contributed by atoms with Crippen LogP contribution in [0.2, 0.25) is 0 Å². The zero-order valence-electron chi connectivity index (χ0n) is 21.3. The normalized spacial score (nSPS) is 11.0. The van der Waals surface area contributed by atoms with Gasteiger partial charge in [-0.05, 0) is 25.0 Å². The van der Waals surface area contributed by atoms with Crippen molar-refractivity contribution in [3.63, 3.8) is 0 Å². The van der Waals surface area contributed by atoms with E-state index in [1.807, 2.05) is 13.0 Å². The van der Waals surface area contributed by atoms with Crippen molar-refractivity contribution in [1.29, 1.82) is 0 Å². The average molecular weight is 481 g/mol. The molecule has 0 fully saturated rings. The quantitative estimate of drug-likeness (QED) is 0.0679. The number of hydrogen-bond acceptors (Lipinski definition) is 5. The molecule has 4 nitrogen and oxygen atoms in total. The van der Waals surface area contributed by atoms with Crippen molar-refractivity contribution in [3.8, 4) is 5.06 Å². The molecule has 33 heavy (non-hydrogen) atoms. The predicted octanol–water partition coefficient (Wildman–Crippen LogP) is 8.91. The van der Waals surface area contributed by atoms with Crippen molar-refractivity contribution in [2.24, 2.45) is 0 Å². The van der Waals surface area contributed by atoms with Gasteiger partial charge in [-0.1, -0.05) is 121 Å². The maximum absolute atomic E-state index is 12.1. The molecule has 0 aromatic carbocycles. The highest BCUT2D eigenvalue weighted by Gasteiger charge is 2.15. The molecular formula is C28H48O4S. The number of ether oxygens (including phenoxy) is 2. The molecule has 0 amide bonds. The maximum Gasteiger partial charge on any atom is 0.313 e. The van der Waals surface area contributed by atoms with Gasteiger partial charge in [-0.3, -0.25) is 9.59 Å². The zero-order valence-corrected chi connectivity index (χ0v) is 22.2. The highest BCUT2D eigenvalue weighted by Crippen LogP contribution is 2.26. The molecule has 0 saturated carbocycles. The van der Waals surface area contributed by atoms with Gasteiger partial charge in [0.2, 0.25) is 0 Å². The van der Waals surface area contributed by atoms with Gasteiger partial charge in [-0.2, -0.15) is 0 Å². The number of carbonyl (C=O) groups is 2. The molecule has 0 atom stereocenters. The zero-order chi connectivity index (χ0) is 24.0. The molecular weight excluding hydrogens is 432 g/mol. The fourth-order valence-electron chi connectivity index (χ4n) is 3.86. The number of Topliss-reactive ketones (excluding diaryl/α,β-unsaturated/α-hetero) is 1. The van der Waals surface area contributed by atoms with Gasteiger partial charge in [-0.25, -0.2) is 0 Å². The third kappa shape index (κ3) is 16.8. The summed E-state index contributed by atoms with van der Waals surface area (Å²) in [5.41, 5.74) is 0. The molecule has 1 aromatic rings. The molecule has 0 N–H and O–H groups in total. The molecule has 1 heterocycles. The van der Waals surface area contributed by atoms with Gasteiger partial charge in [0.25, 0.3) is 0 Å². The Kier molecular flexibility index (Phi) is 19.1. The van der Waals surface area contributed by atoms with Gasteiger partial charge in [-0.15, -0.1) is 0 Å². The lowest BCUT2D eigenvalue weighted by molar-refractivity contribution is -0.142. The van der Waals surface area contributed by atoms with Crippen LogP contribution in [0.1, 0.15) is 139 Å². The molecule has 0 aliphatic heterocycles. The van der Waals surface area contributed by atoms with Gasteiger partial charge in [0.1, 0.15) is 6.42 Å². The summed E-state index contributed by atoms with van der Waals surface area (Å²) in [6.45, 7) is 5.26. The summed E-state index contributed by atoms with van der Waals surface area (Å²) in [6, 6.07) is 3.56. The van der Waals surface area contributed by atoms with Crippen LogP contribution in [0.4, 0.5) is 0 Å². The van der Waals surface area contributed by atoms with E-state index in [1.54, 1.807) is 6.07 Å². The molecule has 1 aromatic heterocycles. The lowest BCUT2D eigenvalue weighted by Gasteiger charge is -2.04. The summed E-state index contributed by atoms with van der Waals surface area (Å²) in [6.07, 6.45) is 22.3. The number of hydrogen-bond donors (Lipinski definition) is 0. The Morgan fingerprint density at radius 3 is 1.70 bits per heavy atom. The fraction of sp³-hybridized carbons (Fsp3) is 0.786. The van der Waals surface area contributed by atoms with Crippen molar-refractivity contribution >= 4 is 23.1 Å². The topological polar surface area (TPSA) is 52.6 Å². The van der Waals surface area contributed by atoms with E-state index in [9.17, 15) is 9.59 Å². The Morgan fingerprint density at radius 1 is 0.667 bits per heavy atom. The van der Waals surface area contributed by atoms with E-state index >= 15 is 0 Å². The van der Waals surface area contributed by atoms with E-state index in [-0.39, 0.29) is 12.2 Å². The monoisotopic (exact) mass is 480 g/mol. The van der Waals surface area contributed by atoms with Crippen LogP contribution in [0.3, 0.4) is 0 Å². The second-order valence-electron chi connectivity index (χ2n) is 9.09. The van der Waals surface area contributed by atoms with Gasteiger partial charge in [0.05, 0.1) is 18.1 Å². The minimum absolute atomic E-state index is 0.195. The van der Waals surface area contributed by atoms with Crippen molar-refractivity contribution < 1.29 is 19.1 Å². The molecule has 0 bridgehead atoms. The molecule has 5 heteroatoms. The summed E-state index contributed by atoms with van der Waals surface area (Å²) < 4.78 is 10.7. The van der Waals surface area contributed by atoms with Crippen molar-refractivity contribution in [2.45, 2.75) is 129 Å². The lowest BCUT2D eigenvalue weighted by Crippen LogP contribution is -2.11. The number of unbranched alkanes of at least 4 members (excludes halogenated alkanes) is 15. The molecule has 1 rings (SSSR count). The van der Waals surface area contributed by atoms with Crippen molar-refractivity contribution in [1.82, 2.24) is 0 Å². The third-order valence-corrected chi connectivity index (χ3v) is 6.91. The van der Waals surface area contributed by atoms with E-state index in [0.717, 1.165) is 17.9 Å². The second kappa shape index (κ2) is 21.2. The largest absolute Gasteiger partial charge is 0.484 e. The van der Waals surface area contributed by atoms with Crippen LogP contribution in [0.15, 0.2) is 12.1 Å². The summed E-state index contributed by atoms with van der Waals surface area (Å²) in [5, 5.41) is 0.751. The molecule has 0 radical (unpaired) electrons. The van der Waals surface area contributed by atoms with Crippen LogP contribution in [0.5, 0.6) is 5.06 Å². The van der Waals surface area contributed by atoms with Crippen LogP contribution in [-0.2, 0) is 9.53 Å². The number of thiophene rings is 1. The molecule has 0 aliphatic carbocycles. The van der Waals surface area contributed by atoms with E-state index in [0.29, 0.717) is 18.1 Å². The first kappa shape index (κ1) is 29.7. The first-order valence-corrected chi connectivity index (χ1v) is 14.4. The minimum Gasteiger partial charge on any atom is -0.484 e. The van der Waals surface area contributed by atoms with Gasteiger partial charge >= 0.3 is 5.97 Å². The summed E-state index contributed by atoms with van der Waals surface area (Å²) in [7, 11) is 0. The van der Waals surface area contributed by atoms with Crippen LogP contribution in [0, 0.1) is 0 Å². The first-order valence-electron chi connectivity index (χ1n) is 13.6. The number of esters is 1. The van der Waals surface area contributed by atoms with Gasteiger partial charge in [0.15, 0.2) is 10.8 Å². The predicted molar refractivity (Wildman–Crippen MR) is 140 cm³/mol. The molecule has 0 aliphatic rings. The van der Waals surface area contributed by atoms with Gasteiger partial charge in [0, 0.05) is 0 Å². The highest BCUT2D eigenvalue weighted by molar-refractivity contribution is 7.15. The van der Waals surface area contributed by atoms with Crippen LogP contribution in [0.25, 0.3) is 0 Å². The third-order valence-electron chi connectivity index (χ3n) is 5.87. The van der Waals surface area contributed by atoms with E-state index < -0.39 is 5.97 Å². The van der Waals surface area contributed by atoms with Crippen LogP contribution < -0.4 is 4.74 Å². The first-order chi connectivity index (χ1) is 16.2. The van der Waals surface area contributed by atoms with E-state index in [2.05, 4.69) is 6.92 Å². The van der Waals surface area contributed by atoms with Gasteiger partial charge < -0.3 is 9.47 Å². The van der Waals surface area contributed by atoms with E-state index in [1.165, 1.54) is 108 Å². The Balaban J connectivity index is 1.90. The molecule has 0 saturated heterocycles. The smallest absolute Gasteiger partial charge is 0.313 e. The molecule has 0 spiro atoms. The number of carbonyl (C=O) groups excluding carboxylic acids is 2. The molecule has 0 unspecified atom stereocenters. The SMILES string of the molecule is CCCCCCCCCCCCCCCCCCOc1ccc(C(=O)CC(=O)OCCC)s1. The second-order valence-corrected chi connectivity index (χ2v) is 10.1. The Labute approximate surface area is 206 Å². The fourth-order valence-corrected chi connectivity index (χ4v) is 4.67. The Hall–Kier alpha value is -1.36. The van der Waals surface area contributed by atoms with Crippen molar-refractivity contribution in [3.05, 3.63) is 17.0 Å². The van der Waals surface area contributed by atoms with Crippen molar-refractivity contribution in [2.75, 3.05) is 13.2 Å². The number of rotatable bonds is 23. The minimum atomic E-state index is -0.453. The number of ketones is 1. The Bertz CT molecular complexity index is 611. The standard InChI is InChI=1S/C28H48O4S/c1-3-5-6-7-8-9-10-11-12-13-14-15-16-17-18-19-23-32-28-21-20-26(33-28)25(29)24-27(30)31-22-4-2/h20-21H,3-19,22-24H2,1-2H3. The Morgan fingerprint density at radius 2 is 1.18 bits per heavy atom. The van der Waals surface area contributed by atoms with Crippen LogP contribution >= 0.6 is 11.3 Å². The van der Waals surface area contributed by atoms with E-state index in [4.69, 9.17) is 9.47 Å². The lowest BCUT2D eigenvalue weighted by atomic mass is 10.0. The summed E-state index contributed by atoms with van der Waals surface area (Å²) in [5.74, 6) is -0.649. The summed E-state index contributed by atoms with van der Waals surface area (Å²) in [4.78, 5) is 24.2. The molecule has 190 valence electrons.